The van der Waals surface area contributed by atoms with Gasteiger partial charge in [-0.1, -0.05) is 13.0 Å². The molecule has 8 heteroatoms. The molecule has 0 aliphatic heterocycles. The van der Waals surface area contributed by atoms with E-state index in [4.69, 9.17) is 14.2 Å². The fourth-order valence-corrected chi connectivity index (χ4v) is 8.33. The second-order valence-corrected chi connectivity index (χ2v) is 11.2. The Bertz CT molecular complexity index is 1220. The SMILES string of the molecule is CCOC(=O)C(=O)Nc1sc2c(c1C(=O)OCC)[C@@]1(C)CC[C@@H]3c4ccc(OC)cc4CC[C@@H]3[C@@H]1C2. The van der Waals surface area contributed by atoms with Gasteiger partial charge in [0.2, 0.25) is 0 Å². The smallest absolute Gasteiger partial charge is 0.397 e. The molecule has 192 valence electrons. The molecule has 36 heavy (non-hydrogen) atoms. The van der Waals surface area contributed by atoms with Crippen molar-refractivity contribution >= 4 is 34.2 Å². The van der Waals surface area contributed by atoms with Crippen LogP contribution in [0.2, 0.25) is 0 Å². The van der Waals surface area contributed by atoms with Gasteiger partial charge >= 0.3 is 17.8 Å². The Labute approximate surface area is 215 Å². The van der Waals surface area contributed by atoms with E-state index in [1.807, 2.05) is 0 Å². The molecule has 1 heterocycles. The summed E-state index contributed by atoms with van der Waals surface area (Å²) in [6.07, 6.45) is 5.00. The van der Waals surface area contributed by atoms with E-state index in [-0.39, 0.29) is 18.6 Å². The maximum absolute atomic E-state index is 13.2. The van der Waals surface area contributed by atoms with Gasteiger partial charge in [-0.25, -0.2) is 9.59 Å². The zero-order valence-electron chi connectivity index (χ0n) is 21.3. The highest BCUT2D eigenvalue weighted by atomic mass is 32.1. The van der Waals surface area contributed by atoms with E-state index in [1.165, 1.54) is 22.5 Å². The number of carbonyl (C=O) groups excluding carboxylic acids is 3. The number of methoxy groups -OCH3 is 1. The molecule has 7 nitrogen and oxygen atoms in total. The van der Waals surface area contributed by atoms with Crippen molar-refractivity contribution in [2.75, 3.05) is 25.6 Å². The summed E-state index contributed by atoms with van der Waals surface area (Å²) in [7, 11) is 1.71. The van der Waals surface area contributed by atoms with Gasteiger partial charge in [0.15, 0.2) is 0 Å². The van der Waals surface area contributed by atoms with Crippen molar-refractivity contribution in [1.29, 1.82) is 0 Å². The summed E-state index contributed by atoms with van der Waals surface area (Å²) >= 11 is 1.40. The first-order valence-corrected chi connectivity index (χ1v) is 13.6. The zero-order valence-corrected chi connectivity index (χ0v) is 22.1. The van der Waals surface area contributed by atoms with Crippen molar-refractivity contribution in [3.63, 3.8) is 0 Å². The summed E-state index contributed by atoms with van der Waals surface area (Å²) in [5.74, 6) is 0.0787. The van der Waals surface area contributed by atoms with Gasteiger partial charge in [0.1, 0.15) is 10.8 Å². The number of hydrogen-bond donors (Lipinski definition) is 1. The summed E-state index contributed by atoms with van der Waals surface area (Å²) in [6.45, 7) is 6.03. The van der Waals surface area contributed by atoms with E-state index in [1.54, 1.807) is 21.0 Å². The molecule has 1 saturated carbocycles. The number of nitrogens with one attached hydrogen (secondary N) is 1. The third-order valence-corrected chi connectivity index (χ3v) is 9.58. The molecule has 1 aromatic carbocycles. The topological polar surface area (TPSA) is 90.9 Å². The molecule has 4 atom stereocenters. The van der Waals surface area contributed by atoms with Gasteiger partial charge in [-0.3, -0.25) is 4.79 Å². The van der Waals surface area contributed by atoms with Crippen molar-refractivity contribution in [3.8, 4) is 5.75 Å². The highest BCUT2D eigenvalue weighted by Gasteiger charge is 2.55. The van der Waals surface area contributed by atoms with Crippen molar-refractivity contribution in [3.05, 3.63) is 45.3 Å². The van der Waals surface area contributed by atoms with Crippen LogP contribution in [0, 0.1) is 11.8 Å². The van der Waals surface area contributed by atoms with Gasteiger partial charge < -0.3 is 19.5 Å². The molecule has 2 aromatic rings. The zero-order chi connectivity index (χ0) is 25.6. The highest BCUT2D eigenvalue weighted by Crippen LogP contribution is 2.63. The molecule has 0 saturated heterocycles. The Kier molecular flexibility index (Phi) is 6.57. The van der Waals surface area contributed by atoms with Gasteiger partial charge in [-0.15, -0.1) is 11.3 Å². The summed E-state index contributed by atoms with van der Waals surface area (Å²) in [5.41, 5.74) is 4.07. The Morgan fingerprint density at radius 3 is 2.64 bits per heavy atom. The Morgan fingerprint density at radius 2 is 1.92 bits per heavy atom. The number of amides is 1. The first-order valence-electron chi connectivity index (χ1n) is 12.8. The molecule has 1 aromatic heterocycles. The largest absolute Gasteiger partial charge is 0.497 e. The molecular weight excluding hydrogens is 478 g/mol. The number of rotatable bonds is 5. The molecule has 0 bridgehead atoms. The van der Waals surface area contributed by atoms with Crippen molar-refractivity contribution in [2.45, 2.75) is 64.2 Å². The molecule has 3 aliphatic carbocycles. The number of ether oxygens (including phenoxy) is 3. The van der Waals surface area contributed by atoms with E-state index in [0.29, 0.717) is 28.3 Å². The Morgan fingerprint density at radius 1 is 1.14 bits per heavy atom. The highest BCUT2D eigenvalue weighted by molar-refractivity contribution is 7.17. The lowest BCUT2D eigenvalue weighted by Gasteiger charge is -2.49. The number of fused-ring (bicyclic) bond motifs is 7. The van der Waals surface area contributed by atoms with Gasteiger partial charge in [0.05, 0.1) is 25.9 Å². The van der Waals surface area contributed by atoms with Crippen LogP contribution in [0.25, 0.3) is 0 Å². The minimum atomic E-state index is -0.956. The molecule has 3 aliphatic rings. The van der Waals surface area contributed by atoms with E-state index < -0.39 is 17.8 Å². The Hall–Kier alpha value is -2.87. The van der Waals surface area contributed by atoms with Gasteiger partial charge in [0.25, 0.3) is 0 Å². The average Bonchev–Trinajstić information content (AvgIpc) is 3.37. The number of carbonyl (C=O) groups is 3. The van der Waals surface area contributed by atoms with Gasteiger partial charge in [0, 0.05) is 4.88 Å². The first-order chi connectivity index (χ1) is 17.3. The maximum atomic E-state index is 13.2. The van der Waals surface area contributed by atoms with Gasteiger partial charge in [-0.05, 0) is 97.9 Å². The van der Waals surface area contributed by atoms with Crippen LogP contribution in [0.1, 0.15) is 77.9 Å². The molecule has 0 unspecified atom stereocenters. The van der Waals surface area contributed by atoms with Crippen molar-refractivity contribution < 1.29 is 28.6 Å². The van der Waals surface area contributed by atoms with Crippen LogP contribution in [0.15, 0.2) is 18.2 Å². The summed E-state index contributed by atoms with van der Waals surface area (Å²) in [4.78, 5) is 38.7. The van der Waals surface area contributed by atoms with Gasteiger partial charge in [-0.2, -0.15) is 0 Å². The van der Waals surface area contributed by atoms with E-state index in [2.05, 4.69) is 30.4 Å². The monoisotopic (exact) mass is 511 g/mol. The van der Waals surface area contributed by atoms with Crippen LogP contribution in [0.5, 0.6) is 5.75 Å². The quantitative estimate of drug-likeness (QED) is 0.449. The number of hydrogen-bond acceptors (Lipinski definition) is 7. The normalized spacial score (nSPS) is 25.6. The van der Waals surface area contributed by atoms with Crippen LogP contribution in [0.3, 0.4) is 0 Å². The first kappa shape index (κ1) is 24.8. The van der Waals surface area contributed by atoms with E-state index >= 15 is 0 Å². The lowest BCUT2D eigenvalue weighted by Crippen LogP contribution is -2.43. The van der Waals surface area contributed by atoms with E-state index in [9.17, 15) is 14.4 Å². The lowest BCUT2D eigenvalue weighted by molar-refractivity contribution is -0.152. The fraction of sp³-hybridized carbons (Fsp3) is 0.536. The molecule has 1 N–H and O–H groups in total. The fourth-order valence-electron chi connectivity index (χ4n) is 6.96. The van der Waals surface area contributed by atoms with Crippen LogP contribution in [0.4, 0.5) is 5.00 Å². The molecule has 1 fully saturated rings. The third-order valence-electron chi connectivity index (χ3n) is 8.45. The minimum absolute atomic E-state index is 0.107. The van der Waals surface area contributed by atoms with Crippen LogP contribution >= 0.6 is 11.3 Å². The predicted molar refractivity (Wildman–Crippen MR) is 137 cm³/mol. The standard InChI is InChI=1S/C28H33NO6S/c1-5-34-26(31)22-23-21(36-25(22)29-24(30)27(32)35-6-2)14-20-19-9-7-15-13-16(33-4)8-10-17(15)18(19)11-12-28(20,23)3/h8,10,13,18-20H,5-7,9,11-12,14H2,1-4H3,(H,29,30)/t18-,19+,20+,28+/m1/s1. The second-order valence-electron chi connectivity index (χ2n) is 10.1. The molecule has 0 spiro atoms. The lowest BCUT2D eigenvalue weighted by atomic mass is 9.54. The summed E-state index contributed by atoms with van der Waals surface area (Å²) in [5, 5.41) is 3.04. The molecule has 1 amide bonds. The molecule has 0 radical (unpaired) electrons. The minimum Gasteiger partial charge on any atom is -0.497 e. The second kappa shape index (κ2) is 9.54. The van der Waals surface area contributed by atoms with Crippen molar-refractivity contribution in [2.24, 2.45) is 11.8 Å². The van der Waals surface area contributed by atoms with E-state index in [0.717, 1.165) is 48.3 Å². The molecule has 5 rings (SSSR count). The molecular formula is C28H33NO6S. The van der Waals surface area contributed by atoms with Crippen molar-refractivity contribution in [1.82, 2.24) is 0 Å². The number of anilines is 1. The predicted octanol–water partition coefficient (Wildman–Crippen LogP) is 5.01. The third kappa shape index (κ3) is 3.90. The maximum Gasteiger partial charge on any atom is 0.397 e. The summed E-state index contributed by atoms with van der Waals surface area (Å²) in [6, 6.07) is 6.49. The number of esters is 2. The summed E-state index contributed by atoms with van der Waals surface area (Å²) < 4.78 is 15.7. The number of benzene rings is 1. The number of aryl methyl sites for hydroxylation is 1. The Balaban J connectivity index is 1.49. The average molecular weight is 512 g/mol. The van der Waals surface area contributed by atoms with Crippen LogP contribution in [-0.2, 0) is 37.3 Å². The van der Waals surface area contributed by atoms with Crippen LogP contribution < -0.4 is 10.1 Å². The number of thiophene rings is 1. The van der Waals surface area contributed by atoms with Crippen LogP contribution in [-0.4, -0.2) is 38.2 Å².